The lowest BCUT2D eigenvalue weighted by Crippen LogP contribution is -2.30. The fraction of sp³-hybridized carbons (Fsp3) is 0.250. The van der Waals surface area contributed by atoms with Crippen molar-refractivity contribution in [2.24, 2.45) is 4.99 Å². The molecular weight excluding hydrogens is 522 g/mol. The van der Waals surface area contributed by atoms with Gasteiger partial charge in [-0.15, -0.1) is 0 Å². The number of nitrogens with zero attached hydrogens (tertiary/aromatic N) is 2. The van der Waals surface area contributed by atoms with Crippen LogP contribution in [-0.2, 0) is 33.4 Å². The number of carbonyl (C=O) groups excluding carboxylic acids is 4. The van der Waals surface area contributed by atoms with Crippen LogP contribution in [0.1, 0.15) is 26.3 Å². The Kier molecular flexibility index (Phi) is 10.4. The number of rotatable bonds is 10. The van der Waals surface area contributed by atoms with E-state index in [2.05, 4.69) is 10.3 Å². The molecule has 0 unspecified atom stereocenters. The van der Waals surface area contributed by atoms with Gasteiger partial charge >= 0.3 is 17.9 Å². The zero-order chi connectivity index (χ0) is 28.4. The van der Waals surface area contributed by atoms with Crippen LogP contribution in [0, 0.1) is 6.92 Å². The molecule has 0 aromatic heterocycles. The van der Waals surface area contributed by atoms with Crippen LogP contribution in [0.15, 0.2) is 76.3 Å². The highest BCUT2D eigenvalue weighted by Crippen LogP contribution is 2.40. The quantitative estimate of drug-likeness (QED) is 0.256. The van der Waals surface area contributed by atoms with E-state index in [1.165, 1.54) is 4.90 Å². The maximum absolute atomic E-state index is 13.6. The number of thioether (sulfide) groups is 1. The Bertz CT molecular complexity index is 1340. The summed E-state index contributed by atoms with van der Waals surface area (Å²) < 4.78 is 15.1. The Labute approximate surface area is 230 Å². The van der Waals surface area contributed by atoms with Gasteiger partial charge in [0.1, 0.15) is 5.70 Å². The van der Waals surface area contributed by atoms with Crippen LogP contribution < -0.4 is 10.2 Å². The molecule has 0 spiro atoms. The normalized spacial score (nSPS) is 15.4. The maximum Gasteiger partial charge on any atom is 0.355 e. The number of ether oxygens (including phenoxy) is 3. The molecule has 39 heavy (non-hydrogen) atoms. The molecule has 11 heteroatoms. The summed E-state index contributed by atoms with van der Waals surface area (Å²) in [4.78, 5) is 56.7. The summed E-state index contributed by atoms with van der Waals surface area (Å²) in [5, 5.41) is 3.20. The van der Waals surface area contributed by atoms with E-state index in [0.717, 1.165) is 29.5 Å². The molecule has 1 fully saturated rings. The van der Waals surface area contributed by atoms with Crippen molar-refractivity contribution in [3.05, 3.63) is 76.8 Å². The number of hydrogen-bond acceptors (Lipinski definition) is 10. The van der Waals surface area contributed by atoms with Crippen molar-refractivity contribution >= 4 is 57.8 Å². The molecule has 0 bridgehead atoms. The van der Waals surface area contributed by atoms with Gasteiger partial charge in [-0.2, -0.15) is 0 Å². The number of benzene rings is 2. The summed E-state index contributed by atoms with van der Waals surface area (Å²) in [6.07, 6.45) is 2.13. The summed E-state index contributed by atoms with van der Waals surface area (Å²) in [5.74, 6) is -2.68. The minimum atomic E-state index is -0.778. The topological polar surface area (TPSA) is 124 Å². The van der Waals surface area contributed by atoms with Crippen LogP contribution >= 0.6 is 11.8 Å². The first-order chi connectivity index (χ1) is 18.8. The zero-order valence-corrected chi connectivity index (χ0v) is 22.9. The second-order valence-corrected chi connectivity index (χ2v) is 8.92. The first kappa shape index (κ1) is 29.2. The first-order valence-corrected chi connectivity index (χ1v) is 13.1. The lowest BCUT2D eigenvalue weighted by Gasteiger charge is -2.21. The second-order valence-electron chi connectivity index (χ2n) is 7.91. The van der Waals surface area contributed by atoms with E-state index in [1.54, 1.807) is 51.1 Å². The molecule has 1 heterocycles. The fourth-order valence-corrected chi connectivity index (χ4v) is 4.35. The summed E-state index contributed by atoms with van der Waals surface area (Å²) in [5.41, 5.74) is 1.88. The predicted molar refractivity (Wildman–Crippen MR) is 149 cm³/mol. The van der Waals surface area contributed by atoms with Crippen molar-refractivity contribution in [3.63, 3.8) is 0 Å². The van der Waals surface area contributed by atoms with Crippen LogP contribution in [0.2, 0.25) is 0 Å². The van der Waals surface area contributed by atoms with Crippen molar-refractivity contribution in [1.29, 1.82) is 0 Å². The zero-order valence-electron chi connectivity index (χ0n) is 22.1. The third kappa shape index (κ3) is 7.81. The molecule has 1 saturated heterocycles. The Morgan fingerprint density at radius 1 is 0.949 bits per heavy atom. The molecule has 0 atom stereocenters. The summed E-state index contributed by atoms with van der Waals surface area (Å²) in [6.45, 7) is 7.16. The van der Waals surface area contributed by atoms with Crippen LogP contribution in [0.3, 0.4) is 0 Å². The number of carbonyl (C=O) groups is 4. The molecule has 10 nitrogen and oxygen atoms in total. The SMILES string of the molecule is CCOC(=O)/C=C(/Nc1ccc(C)cc1N1C(=O)/C(=C\C(=O)OCC)SC1=Nc1ccccc1)C(=O)OCC. The maximum atomic E-state index is 13.6. The third-order valence-electron chi connectivity index (χ3n) is 5.03. The van der Waals surface area contributed by atoms with Crippen molar-refractivity contribution in [1.82, 2.24) is 0 Å². The molecule has 0 aliphatic carbocycles. The van der Waals surface area contributed by atoms with Gasteiger partial charge in [0.2, 0.25) is 0 Å². The first-order valence-electron chi connectivity index (χ1n) is 12.2. The molecule has 204 valence electrons. The fourth-order valence-electron chi connectivity index (χ4n) is 3.40. The Balaban J connectivity index is 2.13. The van der Waals surface area contributed by atoms with Crippen LogP contribution in [-0.4, -0.2) is 48.8 Å². The second kappa shape index (κ2) is 14.0. The molecule has 0 radical (unpaired) electrons. The predicted octanol–water partition coefficient (Wildman–Crippen LogP) is 4.63. The molecule has 2 aromatic rings. The number of nitrogens with one attached hydrogen (secondary N) is 1. The number of anilines is 2. The number of aliphatic imine (C=N–C) groups is 1. The molecular formula is C28H29N3O7S. The standard InChI is InChI=1S/C28H29N3O7S/c1-5-36-24(32)16-21(27(35)38-7-3)30-20-14-13-18(4)15-22(20)31-26(34)23(17-25(33)37-6-2)39-28(31)29-19-11-9-8-10-12-19/h8-17,30H,5-7H2,1-4H3/b21-16+,23-17+,29-28?. The lowest BCUT2D eigenvalue weighted by molar-refractivity contribution is -0.140. The molecule has 2 aromatic carbocycles. The summed E-state index contributed by atoms with van der Waals surface area (Å²) in [7, 11) is 0. The Hall–Kier alpha value is -4.38. The number of hydrogen-bond donors (Lipinski definition) is 1. The van der Waals surface area contributed by atoms with Gasteiger partial charge in [-0.3, -0.25) is 9.69 Å². The average molecular weight is 552 g/mol. The summed E-state index contributed by atoms with van der Waals surface area (Å²) in [6, 6.07) is 14.2. The number of aryl methyl sites for hydroxylation is 1. The highest BCUT2D eigenvalue weighted by atomic mass is 32.2. The highest BCUT2D eigenvalue weighted by molar-refractivity contribution is 8.19. The van der Waals surface area contributed by atoms with E-state index in [0.29, 0.717) is 17.1 Å². The lowest BCUT2D eigenvalue weighted by atomic mass is 10.1. The van der Waals surface area contributed by atoms with E-state index < -0.39 is 23.8 Å². The number of amidine groups is 1. The van der Waals surface area contributed by atoms with E-state index in [-0.39, 0.29) is 35.6 Å². The van der Waals surface area contributed by atoms with E-state index >= 15 is 0 Å². The van der Waals surface area contributed by atoms with Gasteiger partial charge in [-0.25, -0.2) is 19.4 Å². The minimum Gasteiger partial charge on any atom is -0.463 e. The van der Waals surface area contributed by atoms with Crippen LogP contribution in [0.25, 0.3) is 0 Å². The molecule has 1 N–H and O–H groups in total. The smallest absolute Gasteiger partial charge is 0.355 e. The number of esters is 3. The van der Waals surface area contributed by atoms with Crippen LogP contribution in [0.5, 0.6) is 0 Å². The van der Waals surface area contributed by atoms with E-state index in [4.69, 9.17) is 14.2 Å². The van der Waals surface area contributed by atoms with Gasteiger partial charge in [0, 0.05) is 6.08 Å². The Morgan fingerprint density at radius 3 is 2.28 bits per heavy atom. The number of para-hydroxylation sites is 1. The van der Waals surface area contributed by atoms with E-state index in [1.807, 2.05) is 25.1 Å². The van der Waals surface area contributed by atoms with Crippen molar-refractivity contribution in [2.75, 3.05) is 30.0 Å². The Morgan fingerprint density at radius 2 is 1.62 bits per heavy atom. The largest absolute Gasteiger partial charge is 0.463 e. The molecule has 3 rings (SSSR count). The average Bonchev–Trinajstić information content (AvgIpc) is 3.19. The van der Waals surface area contributed by atoms with Gasteiger partial charge in [-0.05, 0) is 69.3 Å². The van der Waals surface area contributed by atoms with Gasteiger partial charge in [0.05, 0.1) is 47.9 Å². The van der Waals surface area contributed by atoms with Crippen molar-refractivity contribution < 1.29 is 33.4 Å². The minimum absolute atomic E-state index is 0.0819. The summed E-state index contributed by atoms with van der Waals surface area (Å²) >= 11 is 1.01. The van der Waals surface area contributed by atoms with Crippen molar-refractivity contribution in [2.45, 2.75) is 27.7 Å². The monoisotopic (exact) mass is 551 g/mol. The highest BCUT2D eigenvalue weighted by Gasteiger charge is 2.37. The van der Waals surface area contributed by atoms with E-state index in [9.17, 15) is 19.2 Å². The third-order valence-corrected chi connectivity index (χ3v) is 6.00. The van der Waals surface area contributed by atoms with Gasteiger partial charge in [-0.1, -0.05) is 24.3 Å². The number of amides is 1. The molecule has 1 amide bonds. The van der Waals surface area contributed by atoms with Crippen LogP contribution in [0.4, 0.5) is 17.1 Å². The molecule has 0 saturated carbocycles. The van der Waals surface area contributed by atoms with Gasteiger partial charge < -0.3 is 19.5 Å². The molecule has 1 aliphatic heterocycles. The van der Waals surface area contributed by atoms with Gasteiger partial charge in [0.15, 0.2) is 5.17 Å². The van der Waals surface area contributed by atoms with Gasteiger partial charge in [0.25, 0.3) is 5.91 Å². The molecule has 1 aliphatic rings. The van der Waals surface area contributed by atoms with Crippen molar-refractivity contribution in [3.8, 4) is 0 Å².